The summed E-state index contributed by atoms with van der Waals surface area (Å²) in [6, 6.07) is 43.1. The lowest BCUT2D eigenvalue weighted by atomic mass is 10.1. The summed E-state index contributed by atoms with van der Waals surface area (Å²) in [4.78, 5) is 38.6. The molecule has 9 rings (SSSR count). The van der Waals surface area contributed by atoms with Gasteiger partial charge in [-0.1, -0.05) is 136 Å². The van der Waals surface area contributed by atoms with Crippen LogP contribution in [0.3, 0.4) is 0 Å². The van der Waals surface area contributed by atoms with Gasteiger partial charge in [0.2, 0.25) is 20.2 Å². The molecule has 484 valence electrons. The van der Waals surface area contributed by atoms with E-state index in [1.54, 1.807) is 54.6 Å². The highest BCUT2D eigenvalue weighted by Gasteiger charge is 2.36. The molecule has 4 heterocycles. The van der Waals surface area contributed by atoms with Crippen molar-refractivity contribution in [1.29, 1.82) is 0 Å². The van der Waals surface area contributed by atoms with E-state index in [1.165, 1.54) is 51.5 Å². The summed E-state index contributed by atoms with van der Waals surface area (Å²) in [7, 11) is -7.02. The van der Waals surface area contributed by atoms with Crippen molar-refractivity contribution in [1.82, 2.24) is 29.1 Å². The highest BCUT2D eigenvalue weighted by Crippen LogP contribution is 2.32. The van der Waals surface area contributed by atoms with Crippen molar-refractivity contribution in [3.8, 4) is 83.9 Å². The van der Waals surface area contributed by atoms with Gasteiger partial charge in [-0.05, 0) is 113 Å². The van der Waals surface area contributed by atoms with Gasteiger partial charge in [-0.15, -0.1) is 37.7 Å². The van der Waals surface area contributed by atoms with E-state index in [4.69, 9.17) is 42.3 Å². The van der Waals surface area contributed by atoms with Crippen LogP contribution >= 0.6 is 31.9 Å². The molecule has 0 amide bonds. The van der Waals surface area contributed by atoms with Crippen LogP contribution in [0.2, 0.25) is 19.6 Å². The van der Waals surface area contributed by atoms with E-state index in [2.05, 4.69) is 101 Å². The minimum Gasteiger partial charge on any atom is -0.392 e. The van der Waals surface area contributed by atoms with Crippen molar-refractivity contribution < 1.29 is 49.2 Å². The summed E-state index contributed by atoms with van der Waals surface area (Å²) < 4.78 is 118. The Hall–Kier alpha value is -9.26. The van der Waals surface area contributed by atoms with Crippen LogP contribution < -0.4 is 11.1 Å². The summed E-state index contributed by atoms with van der Waals surface area (Å²) in [5, 5.41) is 16.8. The smallest absolute Gasteiger partial charge is 0.392 e. The molecule has 0 aliphatic heterocycles. The SMILES string of the molecule is C#C[Si](C)(C)C.C#Cc1cccc(CBr)c1.C#Cc1cccc(CO)c1.C#Cc1cccc(Cn2cc(-c3cc(C(F)(F)F)nc(S(C)(=O)=O)n3)ccc2=O)c1.C#Cc1cccc(Cn2cc(-c3cc(C(F)(F)F)nc(S(C)=O)n3)ccc2=O)c1.OCc1cccc(Br)c1. The first-order chi connectivity index (χ1) is 44.3. The monoisotopic (exact) mass is 1460 g/mol. The van der Waals surface area contributed by atoms with Crippen LogP contribution in [-0.2, 0) is 64.6 Å². The number of hydrogen-bond donors (Lipinski definition) is 2. The highest BCUT2D eigenvalue weighted by atomic mass is 79.9. The molecule has 1 unspecified atom stereocenters. The van der Waals surface area contributed by atoms with Crippen LogP contribution in [-0.4, -0.2) is 72.5 Å². The standard InChI is InChI=1S/C20H14F3N3O3S.C20H14F3N3O2S.C9H7Br.C9H8O.C7H7BrO.C5H10Si/c1-3-13-5-4-6-14(9-13)11-26-12-15(7-8-18(26)27)16-10-17(20(21,22)23)25-19(24-16)30(2,28)29;1-3-13-5-4-6-14(9-13)11-26-12-15(7-8-18(26)27)16-10-17(20(21,22)23)25-19(24-16)29(2)28;2*1-2-8-4-3-5-9(6-8)7-10;8-7-3-1-2-6(4-7)5-9;1-5-6(2,3)4/h1,4-10,12H,11H2,2H3;1,4-10,12H,11H2,2H3;1,3-6H,7H2;1,3-6,10H,7H2;1-4,9H,5H2;1H,2-4H3. The zero-order chi connectivity index (χ0) is 70.0. The Morgan fingerprint density at radius 1 is 0.543 bits per heavy atom. The summed E-state index contributed by atoms with van der Waals surface area (Å²) in [6.07, 6.45) is 21.2. The molecule has 0 aliphatic rings. The Balaban J connectivity index is 0.000000267. The second-order valence-electron chi connectivity index (χ2n) is 20.7. The fourth-order valence-electron chi connectivity index (χ4n) is 7.40. The number of nitrogens with zero attached hydrogens (tertiary/aromatic N) is 6. The number of aliphatic hydroxyl groups excluding tert-OH is 2. The minimum absolute atomic E-state index is 0.0511. The molecule has 4 aromatic heterocycles. The summed E-state index contributed by atoms with van der Waals surface area (Å²) in [6.45, 7) is 6.88. The molecule has 2 N–H and O–H groups in total. The number of rotatable bonds is 11. The van der Waals surface area contributed by atoms with Crippen LogP contribution in [0.15, 0.2) is 194 Å². The first kappa shape index (κ1) is 77.2. The Bertz CT molecular complexity index is 4540. The number of aliphatic hydroxyl groups is 2. The van der Waals surface area contributed by atoms with Crippen LogP contribution in [0.25, 0.3) is 22.5 Å². The van der Waals surface area contributed by atoms with Gasteiger partial charge in [-0.3, -0.25) is 13.8 Å². The fourth-order valence-corrected chi connectivity index (χ4v) is 9.17. The Kier molecular flexibility index (Phi) is 29.8. The van der Waals surface area contributed by atoms with E-state index in [0.717, 1.165) is 49.8 Å². The second kappa shape index (κ2) is 36.3. The van der Waals surface area contributed by atoms with Gasteiger partial charge >= 0.3 is 12.4 Å². The molecule has 0 spiro atoms. The molecule has 0 saturated carbocycles. The molecule has 0 radical (unpaired) electrons. The van der Waals surface area contributed by atoms with Crippen LogP contribution in [0.4, 0.5) is 26.3 Å². The molecule has 1 atom stereocenters. The number of hydrogen-bond acceptors (Lipinski definition) is 11. The molecule has 94 heavy (non-hydrogen) atoms. The lowest BCUT2D eigenvalue weighted by Gasteiger charge is -2.12. The minimum atomic E-state index is -4.87. The van der Waals surface area contributed by atoms with Gasteiger partial charge in [-0.2, -0.15) is 26.3 Å². The molecule has 0 fully saturated rings. The van der Waals surface area contributed by atoms with Crippen molar-refractivity contribution in [2.75, 3.05) is 12.5 Å². The third kappa shape index (κ3) is 26.0. The molecule has 0 bridgehead atoms. The van der Waals surface area contributed by atoms with Gasteiger partial charge in [-0.25, -0.2) is 28.4 Å². The van der Waals surface area contributed by atoms with Gasteiger partial charge in [0, 0.05) is 80.2 Å². The summed E-state index contributed by atoms with van der Waals surface area (Å²) in [5.74, 6) is 10.1. The van der Waals surface area contributed by atoms with Gasteiger partial charge in [0.1, 0.15) is 19.5 Å². The average Bonchev–Trinajstić information content (AvgIpc) is 0.801. The number of benzene rings is 5. The molecule has 9 aromatic rings. The van der Waals surface area contributed by atoms with E-state index >= 15 is 0 Å². The van der Waals surface area contributed by atoms with E-state index < -0.39 is 68.3 Å². The number of pyridine rings is 2. The predicted octanol–water partition coefficient (Wildman–Crippen LogP) is 13.0. The molecule has 0 aliphatic carbocycles. The van der Waals surface area contributed by atoms with Crippen molar-refractivity contribution >= 4 is 60.6 Å². The van der Waals surface area contributed by atoms with Gasteiger partial charge < -0.3 is 19.3 Å². The van der Waals surface area contributed by atoms with E-state index in [9.17, 15) is 48.6 Å². The maximum absolute atomic E-state index is 13.2. The van der Waals surface area contributed by atoms with Crippen LogP contribution in [0, 0.1) is 61.3 Å². The Morgan fingerprint density at radius 2 is 0.904 bits per heavy atom. The Labute approximate surface area is 562 Å². The van der Waals surface area contributed by atoms with Gasteiger partial charge in [0.05, 0.1) is 48.5 Å². The number of sulfone groups is 1. The molecule has 24 heteroatoms. The lowest BCUT2D eigenvalue weighted by Crippen LogP contribution is -2.19. The lowest BCUT2D eigenvalue weighted by molar-refractivity contribution is -0.142. The zero-order valence-electron chi connectivity index (χ0n) is 51.0. The Morgan fingerprint density at radius 3 is 1.26 bits per heavy atom. The third-order valence-corrected chi connectivity index (χ3v) is 15.6. The van der Waals surface area contributed by atoms with Crippen LogP contribution in [0.1, 0.15) is 61.5 Å². The maximum atomic E-state index is 13.2. The van der Waals surface area contributed by atoms with E-state index in [1.807, 2.05) is 66.7 Å². The maximum Gasteiger partial charge on any atom is 0.433 e. The molecule has 13 nitrogen and oxygen atoms in total. The topological polar surface area (TPSA) is 187 Å². The largest absolute Gasteiger partial charge is 0.433 e. The van der Waals surface area contributed by atoms with Crippen molar-refractivity contribution in [3.05, 3.63) is 257 Å². The molecular formula is C70H60Br2F6N6O7S2Si. The van der Waals surface area contributed by atoms with Gasteiger partial charge in [0.15, 0.2) is 0 Å². The second-order valence-corrected chi connectivity index (χ2v) is 30.1. The molecule has 0 saturated heterocycles. The van der Waals surface area contributed by atoms with Crippen LogP contribution in [0.5, 0.6) is 0 Å². The number of aromatic nitrogens is 6. The van der Waals surface area contributed by atoms with E-state index in [0.29, 0.717) is 29.0 Å². The number of halogens is 8. The van der Waals surface area contributed by atoms with Crippen molar-refractivity contribution in [3.63, 3.8) is 0 Å². The summed E-state index contributed by atoms with van der Waals surface area (Å²) >= 11 is 6.64. The highest BCUT2D eigenvalue weighted by molar-refractivity contribution is 9.10. The predicted molar refractivity (Wildman–Crippen MR) is 365 cm³/mol. The normalized spacial score (nSPS) is 11.0. The first-order valence-corrected chi connectivity index (χ1v) is 36.2. The zero-order valence-corrected chi connectivity index (χ0v) is 56.9. The molecule has 5 aromatic carbocycles. The van der Waals surface area contributed by atoms with Crippen molar-refractivity contribution in [2.45, 2.75) is 73.9 Å². The number of terminal acetylenes is 5. The summed E-state index contributed by atoms with van der Waals surface area (Å²) in [5.41, 5.74) is 6.92. The average molecular weight is 1460 g/mol. The third-order valence-electron chi connectivity index (χ3n) is 12.1. The van der Waals surface area contributed by atoms with Crippen molar-refractivity contribution in [2.24, 2.45) is 0 Å². The number of alkyl halides is 7. The van der Waals surface area contributed by atoms with Gasteiger partial charge in [0.25, 0.3) is 11.1 Å². The van der Waals surface area contributed by atoms with E-state index in [-0.39, 0.29) is 54.4 Å². The fraction of sp³-hybridized carbons (Fsp3) is 0.171. The molecular weight excluding hydrogens is 1400 g/mol. The quantitative estimate of drug-likeness (QED) is 0.0412. The first-order valence-electron chi connectivity index (χ1n) is 27.4.